The Morgan fingerprint density at radius 1 is 1.11 bits per heavy atom. The second-order valence-electron chi connectivity index (χ2n) is 6.93. The Hall–Kier alpha value is -2.22. The van der Waals surface area contributed by atoms with Gasteiger partial charge in [-0.3, -0.25) is 0 Å². The van der Waals surface area contributed by atoms with Gasteiger partial charge in [0.25, 0.3) is 0 Å². The number of para-hydroxylation sites is 1. The summed E-state index contributed by atoms with van der Waals surface area (Å²) in [6, 6.07) is 13.5. The molecule has 0 bridgehead atoms. The molecule has 0 aliphatic heterocycles. The van der Waals surface area contributed by atoms with Gasteiger partial charge in [-0.05, 0) is 43.4 Å². The zero-order chi connectivity index (χ0) is 19.6. The first-order valence-electron chi connectivity index (χ1n) is 8.69. The van der Waals surface area contributed by atoms with Crippen LogP contribution in [-0.2, 0) is 22.8 Å². The van der Waals surface area contributed by atoms with Crippen molar-refractivity contribution in [2.24, 2.45) is 7.05 Å². The van der Waals surface area contributed by atoms with E-state index in [2.05, 4.69) is 4.72 Å². The van der Waals surface area contributed by atoms with E-state index in [0.717, 1.165) is 16.5 Å². The fraction of sp³-hybridized carbons (Fsp3) is 0.300. The zero-order valence-electron chi connectivity index (χ0n) is 15.7. The highest BCUT2D eigenvalue weighted by Gasteiger charge is 2.22. The molecule has 3 aromatic rings. The Balaban J connectivity index is 1.79. The average molecular weight is 389 g/mol. The molecule has 0 saturated carbocycles. The van der Waals surface area contributed by atoms with Gasteiger partial charge in [0.15, 0.2) is 0 Å². The van der Waals surface area contributed by atoms with Crippen LogP contribution in [0, 0.1) is 5.82 Å². The quantitative estimate of drug-likeness (QED) is 0.676. The molecule has 2 aromatic carbocycles. The van der Waals surface area contributed by atoms with E-state index in [0.29, 0.717) is 5.56 Å². The van der Waals surface area contributed by atoms with Gasteiger partial charge in [-0.2, -0.15) is 0 Å². The van der Waals surface area contributed by atoms with Gasteiger partial charge < -0.3 is 9.47 Å². The summed E-state index contributed by atoms with van der Waals surface area (Å²) in [5.74, 6) is -0.559. The molecule has 27 heavy (non-hydrogen) atoms. The van der Waals surface area contributed by atoms with Crippen LogP contribution in [-0.4, -0.2) is 38.5 Å². The Bertz CT molecular complexity index is 1030. The van der Waals surface area contributed by atoms with Crippen molar-refractivity contribution in [3.8, 4) is 0 Å². The van der Waals surface area contributed by atoms with E-state index in [1.807, 2.05) is 61.1 Å². The molecule has 0 spiro atoms. The number of benzene rings is 2. The zero-order valence-corrected chi connectivity index (χ0v) is 16.5. The number of halogens is 1. The number of nitrogens with one attached hydrogen (secondary N) is 1. The van der Waals surface area contributed by atoms with Crippen molar-refractivity contribution < 1.29 is 12.8 Å². The molecule has 144 valence electrons. The SMILES string of the molecule is CN(C)C(CNS(=O)(=O)Cc1ccc(F)cc1)c1cn(C)c2ccccc12. The average Bonchev–Trinajstić information content (AvgIpc) is 2.94. The third-order valence-corrected chi connectivity index (χ3v) is 6.00. The van der Waals surface area contributed by atoms with Gasteiger partial charge in [0, 0.05) is 36.7 Å². The van der Waals surface area contributed by atoms with E-state index in [-0.39, 0.29) is 24.2 Å². The van der Waals surface area contributed by atoms with Gasteiger partial charge in [-0.25, -0.2) is 17.5 Å². The minimum Gasteiger partial charge on any atom is -0.350 e. The number of aryl methyl sites for hydroxylation is 1. The van der Waals surface area contributed by atoms with Gasteiger partial charge >= 0.3 is 0 Å². The minimum absolute atomic E-state index is 0.112. The largest absolute Gasteiger partial charge is 0.350 e. The Morgan fingerprint density at radius 2 is 1.78 bits per heavy atom. The van der Waals surface area contributed by atoms with Gasteiger partial charge in [-0.1, -0.05) is 30.3 Å². The van der Waals surface area contributed by atoms with Gasteiger partial charge in [0.05, 0.1) is 5.75 Å². The van der Waals surface area contributed by atoms with E-state index >= 15 is 0 Å². The number of sulfonamides is 1. The van der Waals surface area contributed by atoms with Crippen molar-refractivity contribution in [3.63, 3.8) is 0 Å². The molecule has 0 radical (unpaired) electrons. The van der Waals surface area contributed by atoms with E-state index in [9.17, 15) is 12.8 Å². The summed E-state index contributed by atoms with van der Waals surface area (Å²) in [5, 5.41) is 1.11. The lowest BCUT2D eigenvalue weighted by atomic mass is 10.1. The lowest BCUT2D eigenvalue weighted by Crippen LogP contribution is -2.35. The molecule has 0 saturated heterocycles. The van der Waals surface area contributed by atoms with Gasteiger partial charge in [0.1, 0.15) is 5.82 Å². The Morgan fingerprint density at radius 3 is 2.44 bits per heavy atom. The lowest BCUT2D eigenvalue weighted by Gasteiger charge is -2.24. The van der Waals surface area contributed by atoms with Crippen LogP contribution in [0.2, 0.25) is 0 Å². The maximum atomic E-state index is 13.0. The fourth-order valence-electron chi connectivity index (χ4n) is 3.27. The van der Waals surface area contributed by atoms with Crippen LogP contribution < -0.4 is 4.72 Å². The third kappa shape index (κ3) is 4.55. The highest BCUT2D eigenvalue weighted by Crippen LogP contribution is 2.28. The number of likely N-dealkylation sites (N-methyl/N-ethyl adjacent to an activating group) is 1. The standard InChI is InChI=1S/C20H24FN3O2S/c1-23(2)20(18-13-24(3)19-7-5-4-6-17(18)19)12-22-27(25,26)14-15-8-10-16(21)11-9-15/h4-11,13,20,22H,12,14H2,1-3H3. The molecule has 0 amide bonds. The molecule has 1 aromatic heterocycles. The normalized spacial score (nSPS) is 13.4. The van der Waals surface area contributed by atoms with Crippen LogP contribution in [0.25, 0.3) is 10.9 Å². The predicted octanol–water partition coefficient (Wildman–Crippen LogP) is 3.04. The summed E-state index contributed by atoms with van der Waals surface area (Å²) < 4.78 is 42.7. The van der Waals surface area contributed by atoms with Crippen molar-refractivity contribution in [3.05, 3.63) is 71.7 Å². The first kappa shape index (κ1) is 19.5. The maximum absolute atomic E-state index is 13.0. The highest BCUT2D eigenvalue weighted by molar-refractivity contribution is 7.88. The molecule has 1 N–H and O–H groups in total. The van der Waals surface area contributed by atoms with Crippen molar-refractivity contribution in [2.45, 2.75) is 11.8 Å². The number of rotatable bonds is 7. The van der Waals surface area contributed by atoms with Crippen molar-refractivity contribution >= 4 is 20.9 Å². The molecule has 1 atom stereocenters. The Labute approximate surface area is 159 Å². The molecular formula is C20H24FN3O2S. The molecule has 0 aliphatic carbocycles. The van der Waals surface area contributed by atoms with Crippen molar-refractivity contribution in [1.82, 2.24) is 14.2 Å². The summed E-state index contributed by atoms with van der Waals surface area (Å²) in [7, 11) is 2.31. The summed E-state index contributed by atoms with van der Waals surface area (Å²) in [5.41, 5.74) is 2.73. The predicted molar refractivity (Wildman–Crippen MR) is 106 cm³/mol. The maximum Gasteiger partial charge on any atom is 0.215 e. The van der Waals surface area contributed by atoms with Crippen LogP contribution in [0.3, 0.4) is 0 Å². The van der Waals surface area contributed by atoms with Crippen LogP contribution in [0.15, 0.2) is 54.7 Å². The smallest absolute Gasteiger partial charge is 0.215 e. The number of aromatic nitrogens is 1. The highest BCUT2D eigenvalue weighted by atomic mass is 32.2. The molecular weight excluding hydrogens is 365 g/mol. The topological polar surface area (TPSA) is 54.3 Å². The summed E-state index contributed by atoms with van der Waals surface area (Å²) in [4.78, 5) is 2.00. The summed E-state index contributed by atoms with van der Waals surface area (Å²) >= 11 is 0. The first-order chi connectivity index (χ1) is 12.8. The summed E-state index contributed by atoms with van der Waals surface area (Å²) in [6.07, 6.45) is 2.05. The summed E-state index contributed by atoms with van der Waals surface area (Å²) in [6.45, 7) is 0.254. The van der Waals surface area contributed by atoms with Crippen LogP contribution in [0.4, 0.5) is 4.39 Å². The third-order valence-electron chi connectivity index (χ3n) is 4.68. The number of fused-ring (bicyclic) bond motifs is 1. The monoisotopic (exact) mass is 389 g/mol. The molecule has 1 heterocycles. The Kier molecular flexibility index (Phi) is 5.64. The molecule has 5 nitrogen and oxygen atoms in total. The number of hydrogen-bond donors (Lipinski definition) is 1. The van der Waals surface area contributed by atoms with Crippen LogP contribution in [0.1, 0.15) is 17.2 Å². The fourth-order valence-corrected chi connectivity index (χ4v) is 4.41. The molecule has 0 fully saturated rings. The second kappa shape index (κ2) is 7.80. The van der Waals surface area contributed by atoms with Gasteiger partial charge in [-0.15, -0.1) is 0 Å². The molecule has 7 heteroatoms. The van der Waals surface area contributed by atoms with Crippen LogP contribution >= 0.6 is 0 Å². The van der Waals surface area contributed by atoms with Crippen molar-refractivity contribution in [2.75, 3.05) is 20.6 Å². The van der Waals surface area contributed by atoms with E-state index in [4.69, 9.17) is 0 Å². The van der Waals surface area contributed by atoms with E-state index < -0.39 is 10.0 Å². The lowest BCUT2D eigenvalue weighted by molar-refractivity contribution is 0.301. The molecule has 0 aliphatic rings. The molecule has 3 rings (SSSR count). The van der Waals surface area contributed by atoms with E-state index in [1.54, 1.807) is 0 Å². The van der Waals surface area contributed by atoms with Crippen molar-refractivity contribution in [1.29, 1.82) is 0 Å². The molecule has 1 unspecified atom stereocenters. The minimum atomic E-state index is -3.54. The second-order valence-corrected chi connectivity index (χ2v) is 8.73. The van der Waals surface area contributed by atoms with Crippen LogP contribution in [0.5, 0.6) is 0 Å². The van der Waals surface area contributed by atoms with Gasteiger partial charge in [0.2, 0.25) is 10.0 Å². The first-order valence-corrected chi connectivity index (χ1v) is 10.3. The number of hydrogen-bond acceptors (Lipinski definition) is 3. The van der Waals surface area contributed by atoms with E-state index in [1.165, 1.54) is 24.3 Å². The number of nitrogens with zero attached hydrogens (tertiary/aromatic N) is 2.